The minimum Gasteiger partial charge on any atom is -0.350 e. The van der Waals surface area contributed by atoms with E-state index in [-0.39, 0.29) is 23.3 Å². The van der Waals surface area contributed by atoms with Gasteiger partial charge in [0.25, 0.3) is 5.91 Å². The van der Waals surface area contributed by atoms with Gasteiger partial charge < -0.3 is 5.32 Å². The van der Waals surface area contributed by atoms with Crippen LogP contribution in [0.1, 0.15) is 22.6 Å². The molecule has 0 bridgehead atoms. The van der Waals surface area contributed by atoms with Crippen LogP contribution in [0.2, 0.25) is 0 Å². The average molecular weight is 268 g/mol. The lowest BCUT2D eigenvalue weighted by molar-refractivity contribution is 0.0943. The molecule has 1 saturated heterocycles. The van der Waals surface area contributed by atoms with Crippen molar-refractivity contribution < 1.29 is 13.2 Å². The van der Waals surface area contributed by atoms with Crippen molar-refractivity contribution in [2.24, 2.45) is 5.92 Å². The van der Waals surface area contributed by atoms with E-state index in [1.165, 1.54) is 0 Å². The maximum absolute atomic E-state index is 11.8. The molecule has 1 aliphatic rings. The smallest absolute Gasteiger partial charge is 0.269 e. The lowest BCUT2D eigenvalue weighted by Gasteiger charge is -2.09. The summed E-state index contributed by atoms with van der Waals surface area (Å²) in [5, 5.41) is 2.74. The zero-order valence-electron chi connectivity index (χ0n) is 10.2. The van der Waals surface area contributed by atoms with Gasteiger partial charge in [0.05, 0.1) is 11.5 Å². The number of pyridine rings is 1. The summed E-state index contributed by atoms with van der Waals surface area (Å²) in [6.07, 6.45) is 0.629. The number of carbonyl (C=O) groups is 1. The molecule has 2 rings (SSSR count). The van der Waals surface area contributed by atoms with Gasteiger partial charge in [0.15, 0.2) is 9.84 Å². The Kier molecular flexibility index (Phi) is 3.65. The summed E-state index contributed by atoms with van der Waals surface area (Å²) in [5.74, 6) is 0.192. The maximum atomic E-state index is 11.8. The van der Waals surface area contributed by atoms with Crippen LogP contribution in [0.4, 0.5) is 0 Å². The van der Waals surface area contributed by atoms with Crippen molar-refractivity contribution in [1.29, 1.82) is 0 Å². The molecule has 1 amide bonds. The number of carbonyl (C=O) groups excluding carboxylic acids is 1. The highest BCUT2D eigenvalue weighted by Crippen LogP contribution is 2.17. The minimum absolute atomic E-state index is 0.0313. The molecule has 1 N–H and O–H groups in total. The van der Waals surface area contributed by atoms with E-state index in [4.69, 9.17) is 0 Å². The molecule has 18 heavy (non-hydrogen) atoms. The number of hydrogen-bond acceptors (Lipinski definition) is 4. The fraction of sp³-hybridized carbons (Fsp3) is 0.500. The van der Waals surface area contributed by atoms with Gasteiger partial charge in [-0.1, -0.05) is 6.07 Å². The van der Waals surface area contributed by atoms with Gasteiger partial charge in [0, 0.05) is 12.2 Å². The molecule has 0 radical (unpaired) electrons. The molecule has 0 saturated carbocycles. The van der Waals surface area contributed by atoms with Crippen LogP contribution in [0.15, 0.2) is 18.2 Å². The predicted octanol–water partition coefficient (Wildman–Crippen LogP) is 0.555. The lowest BCUT2D eigenvalue weighted by Crippen LogP contribution is -2.30. The number of amides is 1. The summed E-state index contributed by atoms with van der Waals surface area (Å²) in [7, 11) is -2.88. The van der Waals surface area contributed by atoms with Gasteiger partial charge in [-0.2, -0.15) is 0 Å². The van der Waals surface area contributed by atoms with Crippen molar-refractivity contribution >= 4 is 15.7 Å². The van der Waals surface area contributed by atoms with E-state index >= 15 is 0 Å². The third-order valence-electron chi connectivity index (χ3n) is 3.00. The zero-order valence-corrected chi connectivity index (χ0v) is 11.0. The van der Waals surface area contributed by atoms with Crippen molar-refractivity contribution in [3.8, 4) is 0 Å². The van der Waals surface area contributed by atoms with Crippen LogP contribution in [0.5, 0.6) is 0 Å². The second-order valence-corrected chi connectivity index (χ2v) is 6.87. The Hall–Kier alpha value is -1.43. The third kappa shape index (κ3) is 3.29. The molecular formula is C12H16N2O3S. The number of aryl methyl sites for hydroxylation is 1. The van der Waals surface area contributed by atoms with Crippen molar-refractivity contribution in [3.63, 3.8) is 0 Å². The fourth-order valence-corrected chi connectivity index (χ4v) is 3.89. The van der Waals surface area contributed by atoms with E-state index < -0.39 is 9.84 Å². The van der Waals surface area contributed by atoms with Crippen LogP contribution in [-0.4, -0.2) is 37.4 Å². The van der Waals surface area contributed by atoms with Crippen LogP contribution in [0.3, 0.4) is 0 Å². The predicted molar refractivity (Wildman–Crippen MR) is 68.1 cm³/mol. The van der Waals surface area contributed by atoms with Crippen molar-refractivity contribution in [2.75, 3.05) is 18.1 Å². The summed E-state index contributed by atoms with van der Waals surface area (Å²) in [6, 6.07) is 5.24. The Morgan fingerprint density at radius 3 is 2.89 bits per heavy atom. The summed E-state index contributed by atoms with van der Waals surface area (Å²) in [4.78, 5) is 15.9. The molecule has 0 unspecified atom stereocenters. The molecular weight excluding hydrogens is 252 g/mol. The molecule has 5 nitrogen and oxygen atoms in total. The summed E-state index contributed by atoms with van der Waals surface area (Å²) >= 11 is 0. The highest BCUT2D eigenvalue weighted by atomic mass is 32.2. The molecule has 1 aliphatic heterocycles. The zero-order chi connectivity index (χ0) is 13.2. The SMILES string of the molecule is Cc1cccc(C(=O)NC[C@H]2CCS(=O)(=O)C2)n1. The second kappa shape index (κ2) is 5.06. The van der Waals surface area contributed by atoms with Gasteiger partial charge in [-0.05, 0) is 31.4 Å². The van der Waals surface area contributed by atoms with E-state index in [1.54, 1.807) is 12.1 Å². The molecule has 2 heterocycles. The molecule has 0 aromatic carbocycles. The van der Waals surface area contributed by atoms with Gasteiger partial charge in [-0.25, -0.2) is 13.4 Å². The molecule has 1 aromatic heterocycles. The monoisotopic (exact) mass is 268 g/mol. The first-order valence-corrected chi connectivity index (χ1v) is 7.71. The highest BCUT2D eigenvalue weighted by molar-refractivity contribution is 7.91. The van der Waals surface area contributed by atoms with Crippen molar-refractivity contribution in [2.45, 2.75) is 13.3 Å². The third-order valence-corrected chi connectivity index (χ3v) is 4.84. The average Bonchev–Trinajstić information content (AvgIpc) is 2.66. The van der Waals surface area contributed by atoms with E-state index in [2.05, 4.69) is 10.3 Å². The summed E-state index contributed by atoms with van der Waals surface area (Å²) in [6.45, 7) is 2.22. The highest BCUT2D eigenvalue weighted by Gasteiger charge is 2.28. The number of rotatable bonds is 3. The first kappa shape index (κ1) is 13.0. The Balaban J connectivity index is 1.90. The van der Waals surface area contributed by atoms with Crippen LogP contribution in [0.25, 0.3) is 0 Å². The Bertz CT molecular complexity index is 554. The molecule has 1 fully saturated rings. The van der Waals surface area contributed by atoms with Crippen molar-refractivity contribution in [3.05, 3.63) is 29.6 Å². The lowest BCUT2D eigenvalue weighted by atomic mass is 10.1. The van der Waals surface area contributed by atoms with E-state index in [9.17, 15) is 13.2 Å². The van der Waals surface area contributed by atoms with E-state index in [1.807, 2.05) is 13.0 Å². The molecule has 0 aliphatic carbocycles. The fourth-order valence-electron chi connectivity index (χ4n) is 2.03. The standard InChI is InChI=1S/C12H16N2O3S/c1-9-3-2-4-11(14-9)12(15)13-7-10-5-6-18(16,17)8-10/h2-4,10H,5-8H2,1H3,(H,13,15)/t10-/m1/s1. The van der Waals surface area contributed by atoms with Crippen LogP contribution in [0, 0.1) is 12.8 Å². The van der Waals surface area contributed by atoms with Gasteiger partial charge in [0.1, 0.15) is 5.69 Å². The largest absolute Gasteiger partial charge is 0.350 e. The molecule has 6 heteroatoms. The Labute approximate surface area is 107 Å². The van der Waals surface area contributed by atoms with E-state index in [0.29, 0.717) is 18.7 Å². The number of nitrogens with one attached hydrogen (secondary N) is 1. The van der Waals surface area contributed by atoms with Gasteiger partial charge >= 0.3 is 0 Å². The number of sulfone groups is 1. The van der Waals surface area contributed by atoms with Gasteiger partial charge in [-0.3, -0.25) is 4.79 Å². The number of aromatic nitrogens is 1. The summed E-state index contributed by atoms with van der Waals surface area (Å²) < 4.78 is 22.6. The number of nitrogens with zero attached hydrogens (tertiary/aromatic N) is 1. The summed E-state index contributed by atoms with van der Waals surface area (Å²) in [5.41, 5.74) is 1.15. The second-order valence-electron chi connectivity index (χ2n) is 4.64. The number of hydrogen-bond donors (Lipinski definition) is 1. The Morgan fingerprint density at radius 1 is 1.50 bits per heavy atom. The van der Waals surface area contributed by atoms with Crippen LogP contribution >= 0.6 is 0 Å². The Morgan fingerprint density at radius 2 is 2.28 bits per heavy atom. The van der Waals surface area contributed by atoms with Crippen LogP contribution < -0.4 is 5.32 Å². The molecule has 98 valence electrons. The minimum atomic E-state index is -2.88. The van der Waals surface area contributed by atoms with E-state index in [0.717, 1.165) is 5.69 Å². The molecule has 0 spiro atoms. The quantitative estimate of drug-likeness (QED) is 0.868. The normalized spacial score (nSPS) is 21.7. The first-order valence-electron chi connectivity index (χ1n) is 5.88. The first-order chi connectivity index (χ1) is 8.46. The maximum Gasteiger partial charge on any atom is 0.269 e. The van der Waals surface area contributed by atoms with Crippen LogP contribution in [-0.2, 0) is 9.84 Å². The molecule has 1 aromatic rings. The van der Waals surface area contributed by atoms with Gasteiger partial charge in [-0.15, -0.1) is 0 Å². The topological polar surface area (TPSA) is 76.1 Å². The molecule has 1 atom stereocenters. The van der Waals surface area contributed by atoms with Gasteiger partial charge in [0.2, 0.25) is 0 Å². The van der Waals surface area contributed by atoms with Crippen molar-refractivity contribution in [1.82, 2.24) is 10.3 Å².